The molecule has 1 heterocycles. The third-order valence-corrected chi connectivity index (χ3v) is 4.67. The molecule has 1 aromatic carbocycles. The van der Waals surface area contributed by atoms with Crippen LogP contribution in [0, 0.1) is 0 Å². The maximum absolute atomic E-state index is 13.1. The monoisotopic (exact) mass is 346 g/mol. The fourth-order valence-corrected chi connectivity index (χ4v) is 2.68. The van der Waals surface area contributed by atoms with E-state index in [1.54, 1.807) is 13.2 Å². The number of halogens is 3. The Bertz CT molecular complexity index is 607. The van der Waals surface area contributed by atoms with Crippen molar-refractivity contribution >= 4 is 29.3 Å². The molecule has 0 spiro atoms. The summed E-state index contributed by atoms with van der Waals surface area (Å²) in [7, 11) is 0. The maximum atomic E-state index is 13.1. The van der Waals surface area contributed by atoms with Crippen LogP contribution >= 0.6 is 11.8 Å². The SMILES string of the molecule is CS[C@H](C)C(=O)N[C@@H]1CCN(c2ccccc2C(F)(F)F)C1=O. The second-order valence-corrected chi connectivity index (χ2v) is 6.41. The Labute approximate surface area is 136 Å². The molecular formula is C15H17F3N2O2S. The topological polar surface area (TPSA) is 49.4 Å². The zero-order valence-electron chi connectivity index (χ0n) is 12.7. The minimum atomic E-state index is -4.54. The molecule has 0 bridgehead atoms. The van der Waals surface area contributed by atoms with E-state index >= 15 is 0 Å². The molecule has 2 rings (SSSR count). The quantitative estimate of drug-likeness (QED) is 0.912. The highest BCUT2D eigenvalue weighted by Gasteiger charge is 2.40. The summed E-state index contributed by atoms with van der Waals surface area (Å²) in [5.74, 6) is -0.801. The number of carbonyl (C=O) groups excluding carboxylic acids is 2. The smallest absolute Gasteiger partial charge is 0.343 e. The second-order valence-electron chi connectivity index (χ2n) is 5.23. The van der Waals surface area contributed by atoms with Gasteiger partial charge in [-0.1, -0.05) is 12.1 Å². The number of anilines is 1. The van der Waals surface area contributed by atoms with Crippen molar-refractivity contribution in [2.75, 3.05) is 17.7 Å². The molecule has 0 aromatic heterocycles. The Hall–Kier alpha value is -1.70. The van der Waals surface area contributed by atoms with E-state index in [-0.39, 0.29) is 29.8 Å². The van der Waals surface area contributed by atoms with E-state index in [9.17, 15) is 22.8 Å². The predicted molar refractivity (Wildman–Crippen MR) is 83.3 cm³/mol. The number of rotatable bonds is 4. The van der Waals surface area contributed by atoms with Gasteiger partial charge in [-0.15, -0.1) is 0 Å². The largest absolute Gasteiger partial charge is 0.418 e. The summed E-state index contributed by atoms with van der Waals surface area (Å²) < 4.78 is 39.2. The minimum Gasteiger partial charge on any atom is -0.343 e. The number of alkyl halides is 3. The standard InChI is InChI=1S/C15H17F3N2O2S/c1-9(23-2)13(21)19-11-7-8-20(14(11)22)12-6-4-3-5-10(12)15(16,17)18/h3-6,9,11H,7-8H2,1-2H3,(H,19,21)/t9-,11-/m1/s1. The van der Waals surface area contributed by atoms with Crippen LogP contribution in [0.3, 0.4) is 0 Å². The van der Waals surface area contributed by atoms with Gasteiger partial charge in [0, 0.05) is 6.54 Å². The van der Waals surface area contributed by atoms with Crippen LogP contribution in [0.1, 0.15) is 18.9 Å². The molecule has 1 saturated heterocycles. The van der Waals surface area contributed by atoms with E-state index in [1.807, 2.05) is 0 Å². The van der Waals surface area contributed by atoms with Crippen molar-refractivity contribution in [1.29, 1.82) is 0 Å². The van der Waals surface area contributed by atoms with Crippen LogP contribution in [0.25, 0.3) is 0 Å². The molecule has 0 unspecified atom stereocenters. The van der Waals surface area contributed by atoms with Gasteiger partial charge in [0.2, 0.25) is 11.8 Å². The van der Waals surface area contributed by atoms with Gasteiger partial charge in [0.1, 0.15) is 6.04 Å². The third kappa shape index (κ3) is 3.80. The molecule has 2 atom stereocenters. The van der Waals surface area contributed by atoms with Crippen LogP contribution in [-0.2, 0) is 15.8 Å². The molecule has 2 amide bonds. The predicted octanol–water partition coefficient (Wildman–Crippen LogP) is 2.68. The van der Waals surface area contributed by atoms with Gasteiger partial charge in [-0.05, 0) is 31.7 Å². The molecule has 4 nitrogen and oxygen atoms in total. The number of hydrogen-bond donors (Lipinski definition) is 1. The number of hydrogen-bond acceptors (Lipinski definition) is 3. The number of benzene rings is 1. The molecule has 126 valence electrons. The van der Waals surface area contributed by atoms with Crippen molar-refractivity contribution in [3.05, 3.63) is 29.8 Å². The number of carbonyl (C=O) groups is 2. The average molecular weight is 346 g/mol. The van der Waals surface area contributed by atoms with Crippen LogP contribution in [0.2, 0.25) is 0 Å². The molecule has 0 saturated carbocycles. The first-order chi connectivity index (χ1) is 10.8. The van der Waals surface area contributed by atoms with Crippen molar-refractivity contribution in [3.8, 4) is 0 Å². The highest BCUT2D eigenvalue weighted by molar-refractivity contribution is 7.99. The number of nitrogens with zero attached hydrogens (tertiary/aromatic N) is 1. The molecule has 1 N–H and O–H groups in total. The van der Waals surface area contributed by atoms with Crippen molar-refractivity contribution < 1.29 is 22.8 Å². The van der Waals surface area contributed by atoms with Gasteiger partial charge in [-0.25, -0.2) is 0 Å². The van der Waals surface area contributed by atoms with Gasteiger partial charge in [-0.3, -0.25) is 9.59 Å². The van der Waals surface area contributed by atoms with Crippen LogP contribution in [0.5, 0.6) is 0 Å². The normalized spacial score (nSPS) is 19.8. The highest BCUT2D eigenvalue weighted by Crippen LogP contribution is 2.37. The van der Waals surface area contributed by atoms with Gasteiger partial charge in [0.25, 0.3) is 0 Å². The summed E-state index contributed by atoms with van der Waals surface area (Å²) in [6.07, 6.45) is -2.48. The Morgan fingerprint density at radius 3 is 2.65 bits per heavy atom. The van der Waals surface area contributed by atoms with Crippen molar-refractivity contribution in [1.82, 2.24) is 5.32 Å². The van der Waals surface area contributed by atoms with Gasteiger partial charge in [-0.2, -0.15) is 24.9 Å². The molecule has 1 aliphatic heterocycles. The van der Waals surface area contributed by atoms with Gasteiger partial charge in [0.15, 0.2) is 0 Å². The van der Waals surface area contributed by atoms with Crippen LogP contribution in [-0.4, -0.2) is 35.9 Å². The molecule has 1 fully saturated rings. The van der Waals surface area contributed by atoms with Crippen LogP contribution in [0.4, 0.5) is 18.9 Å². The van der Waals surface area contributed by atoms with Gasteiger partial charge in [0.05, 0.1) is 16.5 Å². The van der Waals surface area contributed by atoms with Gasteiger partial charge < -0.3 is 10.2 Å². The van der Waals surface area contributed by atoms with Gasteiger partial charge >= 0.3 is 6.18 Å². The van der Waals surface area contributed by atoms with Crippen molar-refractivity contribution in [3.63, 3.8) is 0 Å². The first-order valence-electron chi connectivity index (χ1n) is 7.06. The van der Waals surface area contributed by atoms with Crippen molar-refractivity contribution in [2.24, 2.45) is 0 Å². The highest BCUT2D eigenvalue weighted by atomic mass is 32.2. The zero-order valence-corrected chi connectivity index (χ0v) is 13.5. The summed E-state index contributed by atoms with van der Waals surface area (Å²) in [5.41, 5.74) is -1.02. The third-order valence-electron chi connectivity index (χ3n) is 3.75. The molecule has 1 aromatic rings. The van der Waals surface area contributed by atoms with E-state index < -0.39 is 23.7 Å². The zero-order chi connectivity index (χ0) is 17.2. The number of thioether (sulfide) groups is 1. The maximum Gasteiger partial charge on any atom is 0.418 e. The lowest BCUT2D eigenvalue weighted by molar-refractivity contribution is -0.137. The average Bonchev–Trinajstić information content (AvgIpc) is 2.86. The van der Waals surface area contributed by atoms with E-state index in [2.05, 4.69) is 5.32 Å². The lowest BCUT2D eigenvalue weighted by Crippen LogP contribution is -2.44. The molecular weight excluding hydrogens is 329 g/mol. The molecule has 23 heavy (non-hydrogen) atoms. The fraction of sp³-hybridized carbons (Fsp3) is 0.467. The number of amides is 2. The van der Waals surface area contributed by atoms with E-state index in [0.29, 0.717) is 0 Å². The number of nitrogens with one attached hydrogen (secondary N) is 1. The van der Waals surface area contributed by atoms with E-state index in [0.717, 1.165) is 11.0 Å². The van der Waals surface area contributed by atoms with E-state index in [4.69, 9.17) is 0 Å². The number of para-hydroxylation sites is 1. The van der Waals surface area contributed by atoms with Crippen molar-refractivity contribution in [2.45, 2.75) is 30.8 Å². The lowest BCUT2D eigenvalue weighted by atomic mass is 10.1. The molecule has 0 aliphatic carbocycles. The Morgan fingerprint density at radius 1 is 1.39 bits per heavy atom. The summed E-state index contributed by atoms with van der Waals surface area (Å²) >= 11 is 1.33. The first-order valence-corrected chi connectivity index (χ1v) is 8.35. The van der Waals surface area contributed by atoms with Crippen LogP contribution < -0.4 is 10.2 Å². The molecule has 1 aliphatic rings. The lowest BCUT2D eigenvalue weighted by Gasteiger charge is -2.22. The first kappa shape index (κ1) is 17.7. The second kappa shape index (κ2) is 6.82. The summed E-state index contributed by atoms with van der Waals surface area (Å²) in [6.45, 7) is 1.85. The summed E-state index contributed by atoms with van der Waals surface area (Å²) in [4.78, 5) is 25.3. The Morgan fingerprint density at radius 2 is 2.04 bits per heavy atom. The van der Waals surface area contributed by atoms with Crippen LogP contribution in [0.15, 0.2) is 24.3 Å². The minimum absolute atomic E-state index is 0.143. The molecule has 8 heteroatoms. The summed E-state index contributed by atoms with van der Waals surface area (Å²) in [5, 5.41) is 2.28. The Balaban J connectivity index is 2.19. The van der Waals surface area contributed by atoms with E-state index in [1.165, 1.54) is 30.0 Å². The summed E-state index contributed by atoms with van der Waals surface area (Å²) in [6, 6.07) is 4.18. The fourth-order valence-electron chi connectivity index (χ4n) is 2.40. The Kier molecular flexibility index (Phi) is 5.23. The molecule has 0 radical (unpaired) electrons.